The number of phenols is 1. The molecule has 22 heteroatoms. The first-order valence-corrected chi connectivity index (χ1v) is 25.8. The number of carbonyl (C=O) groups excluding carboxylic acids is 3. The highest BCUT2D eigenvalue weighted by Gasteiger charge is 2.61. The van der Waals surface area contributed by atoms with E-state index in [9.17, 15) is 29.1 Å². The standard InChI is InChI=1S/C55H55Cl3F4N10O5/c1-54(2,3)27-41-55(28-63,33-14-13-30(56)25-37(33)60)45(31-8-6-9-34(57)46(31)61)49(68-41)52(76)67-38-15-12-29(24-40(38)77-5)51(75)65-20-21-71(4)42(74)16-17-66-53-69-48-32(50(70-53)72-22-18-64-19-23-72)26-35(58)43(47(48)62)44-36(59)10-7-11-39(44)73/h6-15,24-26,41,45,49,64,68,73H,16-23,27H2,1-5H3,(H,65,75)(H,67,76)(H,66,69,70)/t41-,45-,49+,55-/m0/s1. The molecule has 2 aliphatic heterocycles. The molecule has 3 amide bonds. The van der Waals surface area contributed by atoms with E-state index in [4.69, 9.17) is 39.5 Å². The summed E-state index contributed by atoms with van der Waals surface area (Å²) >= 11 is 19.0. The Morgan fingerprint density at radius 2 is 1.66 bits per heavy atom. The maximum Gasteiger partial charge on any atom is 0.251 e. The van der Waals surface area contributed by atoms with Crippen LogP contribution in [-0.4, -0.2) is 110 Å². The van der Waals surface area contributed by atoms with Crippen LogP contribution in [0.15, 0.2) is 78.9 Å². The van der Waals surface area contributed by atoms with E-state index in [0.29, 0.717) is 32.0 Å². The Labute approximate surface area is 457 Å². The molecule has 0 bridgehead atoms. The molecule has 2 aliphatic rings. The molecule has 8 rings (SSSR count). The van der Waals surface area contributed by atoms with Crippen molar-refractivity contribution in [2.45, 2.75) is 57.0 Å². The Morgan fingerprint density at radius 1 is 0.922 bits per heavy atom. The number of halogens is 7. The van der Waals surface area contributed by atoms with Crippen molar-refractivity contribution in [1.29, 1.82) is 5.26 Å². The van der Waals surface area contributed by atoms with Crippen molar-refractivity contribution >= 4 is 80.9 Å². The van der Waals surface area contributed by atoms with Gasteiger partial charge < -0.3 is 46.2 Å². The van der Waals surface area contributed by atoms with Crippen LogP contribution in [0.25, 0.3) is 22.0 Å². The van der Waals surface area contributed by atoms with Crippen LogP contribution in [-0.2, 0) is 15.0 Å². The summed E-state index contributed by atoms with van der Waals surface area (Å²) in [6, 6.07) is 17.6. The van der Waals surface area contributed by atoms with Gasteiger partial charge in [-0.05, 0) is 72.0 Å². The fourth-order valence-corrected chi connectivity index (χ4v) is 10.7. The number of fused-ring (bicyclic) bond motifs is 1. The highest BCUT2D eigenvalue weighted by atomic mass is 35.5. The molecule has 0 unspecified atom stereocenters. The predicted molar refractivity (Wildman–Crippen MR) is 289 cm³/mol. The molecule has 0 radical (unpaired) electrons. The van der Waals surface area contributed by atoms with Gasteiger partial charge in [0.1, 0.15) is 45.7 Å². The zero-order chi connectivity index (χ0) is 55.5. The summed E-state index contributed by atoms with van der Waals surface area (Å²) < 4.78 is 69.4. The Balaban J connectivity index is 0.934. The highest BCUT2D eigenvalue weighted by molar-refractivity contribution is 6.34. The Hall–Kier alpha value is -6.95. The maximum atomic E-state index is 16.5. The van der Waals surface area contributed by atoms with Gasteiger partial charge in [-0.2, -0.15) is 10.2 Å². The molecule has 2 fully saturated rings. The minimum absolute atomic E-state index is 0.00336. The van der Waals surface area contributed by atoms with E-state index in [1.165, 1.54) is 78.7 Å². The third-order valence-electron chi connectivity index (χ3n) is 13.8. The van der Waals surface area contributed by atoms with E-state index in [1.54, 1.807) is 7.05 Å². The van der Waals surface area contributed by atoms with Gasteiger partial charge in [-0.25, -0.2) is 22.5 Å². The third kappa shape index (κ3) is 11.7. The van der Waals surface area contributed by atoms with Crippen molar-refractivity contribution < 1.29 is 41.8 Å². The van der Waals surface area contributed by atoms with E-state index in [0.717, 1.165) is 12.1 Å². The molecule has 6 N–H and O–H groups in total. The van der Waals surface area contributed by atoms with Gasteiger partial charge in [-0.15, -0.1) is 0 Å². The second-order valence-electron chi connectivity index (χ2n) is 20.0. The Kier molecular flexibility index (Phi) is 17.1. The van der Waals surface area contributed by atoms with Crippen LogP contribution in [0.1, 0.15) is 61.0 Å². The lowest BCUT2D eigenvalue weighted by molar-refractivity contribution is -0.129. The highest BCUT2D eigenvalue weighted by Crippen LogP contribution is 2.53. The van der Waals surface area contributed by atoms with Crippen LogP contribution in [0.5, 0.6) is 11.5 Å². The normalized spacial score (nSPS) is 18.4. The van der Waals surface area contributed by atoms with Crippen LogP contribution in [0.3, 0.4) is 0 Å². The molecule has 15 nitrogen and oxygen atoms in total. The Bertz CT molecular complexity index is 3280. The fraction of sp³-hybridized carbons (Fsp3) is 0.345. The number of likely N-dealkylation sites (N-methyl/N-ethyl adjacent to an activating group) is 1. The molecule has 1 aromatic heterocycles. The number of aromatic nitrogens is 2. The molecule has 0 saturated carbocycles. The average Bonchev–Trinajstić information content (AvgIpc) is 4.01. The Morgan fingerprint density at radius 3 is 2.35 bits per heavy atom. The van der Waals surface area contributed by atoms with Gasteiger partial charge in [0.05, 0.1) is 40.5 Å². The zero-order valence-corrected chi connectivity index (χ0v) is 44.8. The molecule has 77 heavy (non-hydrogen) atoms. The van der Waals surface area contributed by atoms with Gasteiger partial charge in [-0.1, -0.05) is 79.8 Å². The molecule has 3 heterocycles. The largest absolute Gasteiger partial charge is 0.507 e. The summed E-state index contributed by atoms with van der Waals surface area (Å²) in [5.41, 5.74) is -3.14. The molecule has 404 valence electrons. The van der Waals surface area contributed by atoms with Crippen LogP contribution in [0, 0.1) is 40.0 Å². The first-order valence-electron chi connectivity index (χ1n) is 24.6. The quantitative estimate of drug-likeness (QED) is 0.0503. The van der Waals surface area contributed by atoms with Crippen LogP contribution in [0.2, 0.25) is 15.1 Å². The summed E-state index contributed by atoms with van der Waals surface area (Å²) in [4.78, 5) is 53.8. The number of hydrogen-bond donors (Lipinski definition) is 6. The molecule has 0 aliphatic carbocycles. The average molecular weight is 1120 g/mol. The second kappa shape index (κ2) is 23.3. The molecule has 6 aromatic rings. The minimum atomic E-state index is -1.86. The van der Waals surface area contributed by atoms with E-state index in [1.807, 2.05) is 25.7 Å². The molecule has 4 atom stereocenters. The number of nitrogens with one attached hydrogen (secondary N) is 5. The molecular formula is C55H55Cl3F4N10O5. The van der Waals surface area contributed by atoms with Crippen LogP contribution in [0.4, 0.5) is 35.0 Å². The van der Waals surface area contributed by atoms with E-state index in [-0.39, 0.29) is 104 Å². The number of carbonyl (C=O) groups is 3. The molecular weight excluding hydrogens is 1060 g/mol. The number of anilines is 3. The maximum absolute atomic E-state index is 16.5. The van der Waals surface area contributed by atoms with Crippen molar-refractivity contribution in [1.82, 2.24) is 30.8 Å². The summed E-state index contributed by atoms with van der Waals surface area (Å²) in [5, 5.41) is 36.8. The first-order chi connectivity index (χ1) is 36.7. The number of nitrogens with zero attached hydrogens (tertiary/aromatic N) is 5. The van der Waals surface area contributed by atoms with Gasteiger partial charge in [0, 0.05) is 98.3 Å². The number of ether oxygens (including phenoxy) is 1. The third-order valence-corrected chi connectivity index (χ3v) is 14.6. The number of aromatic hydroxyl groups is 1. The number of piperazine rings is 1. The smallest absolute Gasteiger partial charge is 0.251 e. The molecule has 2 saturated heterocycles. The minimum Gasteiger partial charge on any atom is -0.507 e. The van der Waals surface area contributed by atoms with Crippen LogP contribution >= 0.6 is 34.8 Å². The topological polar surface area (TPSA) is 197 Å². The van der Waals surface area contributed by atoms with E-state index in [2.05, 4.69) is 42.6 Å². The van der Waals surface area contributed by atoms with Gasteiger partial charge in [0.2, 0.25) is 17.8 Å². The van der Waals surface area contributed by atoms with Crippen molar-refractivity contribution in [3.8, 4) is 28.7 Å². The number of amides is 3. The lowest BCUT2D eigenvalue weighted by atomic mass is 9.62. The molecule has 0 spiro atoms. The monoisotopic (exact) mass is 1120 g/mol. The van der Waals surface area contributed by atoms with Crippen LogP contribution < -0.4 is 36.2 Å². The lowest BCUT2D eigenvalue weighted by Crippen LogP contribution is -2.45. The first kappa shape index (κ1) is 56.3. The number of methoxy groups -OCH3 is 1. The predicted octanol–water partition coefficient (Wildman–Crippen LogP) is 9.59. The van der Waals surface area contributed by atoms with Crippen molar-refractivity contribution in [2.75, 3.05) is 75.5 Å². The summed E-state index contributed by atoms with van der Waals surface area (Å²) in [7, 11) is 2.90. The second-order valence-corrected chi connectivity index (χ2v) is 21.3. The summed E-state index contributed by atoms with van der Waals surface area (Å²) in [6.07, 6.45) is 0.212. The lowest BCUT2D eigenvalue weighted by Gasteiger charge is -2.37. The van der Waals surface area contributed by atoms with Crippen molar-refractivity contribution in [2.24, 2.45) is 5.41 Å². The van der Waals surface area contributed by atoms with Gasteiger partial charge in [-0.3, -0.25) is 14.4 Å². The van der Waals surface area contributed by atoms with E-state index < -0.39 is 75.2 Å². The molecule has 5 aromatic carbocycles. The SMILES string of the molecule is COc1cc(C(=O)NCCN(C)C(=O)CCNc2nc(N3CCNCC3)c3cc(Cl)c(-c4c(O)cccc4F)c(F)c3n2)ccc1NC(=O)[C@@H]1N[C@@H](CC(C)(C)C)[C@](C#N)(c2ccc(Cl)cc2F)[C@H]1c1cccc(Cl)c1F. The number of hydrogen-bond acceptors (Lipinski definition) is 12. The number of rotatable bonds is 16. The van der Waals surface area contributed by atoms with Crippen molar-refractivity contribution in [3.63, 3.8) is 0 Å². The summed E-state index contributed by atoms with van der Waals surface area (Å²) in [6.45, 7) is 8.30. The van der Waals surface area contributed by atoms with Crippen molar-refractivity contribution in [3.05, 3.63) is 134 Å². The number of phenolic OH excluding ortho intramolecular Hbond substituents is 1. The van der Waals surface area contributed by atoms with Gasteiger partial charge in [0.15, 0.2) is 5.82 Å². The summed E-state index contributed by atoms with van der Waals surface area (Å²) in [5.74, 6) is -6.42. The fourth-order valence-electron chi connectivity index (χ4n) is 10.1. The zero-order valence-electron chi connectivity index (χ0n) is 42.6. The van der Waals surface area contributed by atoms with E-state index >= 15 is 13.2 Å². The number of nitriles is 1. The number of benzene rings is 5. The van der Waals surface area contributed by atoms with Gasteiger partial charge in [0.25, 0.3) is 5.91 Å². The van der Waals surface area contributed by atoms with Gasteiger partial charge >= 0.3 is 0 Å².